The lowest BCUT2D eigenvalue weighted by Gasteiger charge is -2.30. The van der Waals surface area contributed by atoms with Gasteiger partial charge in [-0.2, -0.15) is 0 Å². The van der Waals surface area contributed by atoms with Crippen LogP contribution in [0.4, 0.5) is 0 Å². The van der Waals surface area contributed by atoms with Gasteiger partial charge in [0, 0.05) is 37.7 Å². The summed E-state index contributed by atoms with van der Waals surface area (Å²) in [6.07, 6.45) is 12.5. The zero-order valence-electron chi connectivity index (χ0n) is 27.4. The first kappa shape index (κ1) is 36.2. The second kappa shape index (κ2) is 16.3. The first-order valence-electron chi connectivity index (χ1n) is 15.5. The number of allylic oxidation sites excluding steroid dienone is 5. The molecule has 9 atom stereocenters. The average molecular weight is 628 g/mol. The van der Waals surface area contributed by atoms with Crippen molar-refractivity contribution in [2.75, 3.05) is 7.11 Å². The number of epoxide rings is 1. The predicted octanol–water partition coefficient (Wildman–Crippen LogP) is 4.79. The lowest BCUT2D eigenvalue weighted by molar-refractivity contribution is -0.150. The highest BCUT2D eigenvalue weighted by atomic mass is 16.6. The number of carbonyl (C=O) groups is 2. The minimum absolute atomic E-state index is 0.0455. The van der Waals surface area contributed by atoms with E-state index >= 15 is 0 Å². The Kier molecular flexibility index (Phi) is 13.1. The van der Waals surface area contributed by atoms with Crippen molar-refractivity contribution in [1.29, 1.82) is 0 Å². The summed E-state index contributed by atoms with van der Waals surface area (Å²) >= 11 is 0. The highest BCUT2D eigenvalue weighted by molar-refractivity contribution is 5.82. The van der Waals surface area contributed by atoms with Crippen molar-refractivity contribution in [3.8, 4) is 0 Å². The van der Waals surface area contributed by atoms with Crippen LogP contribution in [0, 0.1) is 24.7 Å². The lowest BCUT2D eigenvalue weighted by Crippen LogP contribution is -2.40. The molecule has 1 fully saturated rings. The molecule has 1 saturated heterocycles. The topological polar surface area (TPSA) is 152 Å². The van der Waals surface area contributed by atoms with Crippen molar-refractivity contribution in [1.82, 2.24) is 4.98 Å². The van der Waals surface area contributed by atoms with E-state index in [1.165, 1.54) is 13.2 Å². The Morgan fingerprint density at radius 3 is 2.64 bits per heavy atom. The number of oxazole rings is 1. The van der Waals surface area contributed by atoms with Gasteiger partial charge in [0.25, 0.3) is 0 Å². The molecule has 3 rings (SSSR count). The Morgan fingerprint density at radius 1 is 1.24 bits per heavy atom. The van der Waals surface area contributed by atoms with E-state index in [4.69, 9.17) is 18.6 Å². The van der Waals surface area contributed by atoms with Crippen LogP contribution < -0.4 is 0 Å². The molecule has 0 saturated carbocycles. The Morgan fingerprint density at radius 2 is 1.98 bits per heavy atom. The molecule has 0 aliphatic carbocycles. The standard InChI is InChI=1S/C35H49NO9/c1-21(16-27-20-43-25(5)36-27)10-8-11-23(3)34(41)24(4)29-19-30(38)35(6)31(45-35)15-14-22(2)28(37)17-26(18-33(40)42-7)12-9-13-32(39)44-29/h8-11,13-16,20,22,24,26,28-31,34,37-38,41H,12,17-19H2,1-7H3/b10-8+,13-9-,15-14-,21-16+,23-11+/t22-,24+,26-,28?,29?,30+,31-,34+,35?/m1/s1. The van der Waals surface area contributed by atoms with Gasteiger partial charge in [-0.25, -0.2) is 9.78 Å². The Hall–Kier alpha value is -3.31. The summed E-state index contributed by atoms with van der Waals surface area (Å²) in [5.74, 6) is -1.48. The molecule has 0 radical (unpaired) electrons. The molecular formula is C35H49NO9. The zero-order chi connectivity index (χ0) is 33.3. The molecule has 2 aliphatic heterocycles. The number of aryl methyl sites for hydroxylation is 1. The van der Waals surface area contributed by atoms with Crippen molar-refractivity contribution in [3.63, 3.8) is 0 Å². The van der Waals surface area contributed by atoms with Gasteiger partial charge in [-0.05, 0) is 56.8 Å². The second-order valence-corrected chi connectivity index (χ2v) is 12.5. The number of ether oxygens (including phenoxy) is 3. The molecule has 248 valence electrons. The third-order valence-electron chi connectivity index (χ3n) is 8.73. The van der Waals surface area contributed by atoms with E-state index in [1.807, 2.05) is 44.2 Å². The molecule has 0 aromatic carbocycles. The summed E-state index contributed by atoms with van der Waals surface area (Å²) in [5, 5.41) is 33.3. The number of rotatable bonds is 8. The zero-order valence-corrected chi connectivity index (χ0v) is 27.4. The Bertz CT molecular complexity index is 1310. The van der Waals surface area contributed by atoms with Crippen molar-refractivity contribution >= 4 is 18.0 Å². The van der Waals surface area contributed by atoms with Gasteiger partial charge in [-0.15, -0.1) is 0 Å². The molecule has 3 unspecified atom stereocenters. The number of hydrogen-bond acceptors (Lipinski definition) is 10. The highest BCUT2D eigenvalue weighted by Crippen LogP contribution is 2.43. The first-order valence-corrected chi connectivity index (χ1v) is 15.5. The minimum Gasteiger partial charge on any atom is -0.469 e. The monoisotopic (exact) mass is 627 g/mol. The summed E-state index contributed by atoms with van der Waals surface area (Å²) < 4.78 is 21.7. The van der Waals surface area contributed by atoms with Gasteiger partial charge in [-0.1, -0.05) is 50.3 Å². The third kappa shape index (κ3) is 10.6. The first-order chi connectivity index (χ1) is 21.2. The largest absolute Gasteiger partial charge is 0.469 e. The molecule has 10 nitrogen and oxygen atoms in total. The summed E-state index contributed by atoms with van der Waals surface area (Å²) in [4.78, 5) is 29.2. The molecule has 1 aromatic rings. The van der Waals surface area contributed by atoms with Crippen molar-refractivity contribution < 1.29 is 43.5 Å². The highest BCUT2D eigenvalue weighted by Gasteiger charge is 2.56. The molecule has 1 aromatic heterocycles. The number of aromatic nitrogens is 1. The van der Waals surface area contributed by atoms with Gasteiger partial charge < -0.3 is 33.9 Å². The van der Waals surface area contributed by atoms with E-state index in [0.29, 0.717) is 24.3 Å². The van der Waals surface area contributed by atoms with E-state index in [-0.39, 0.29) is 30.8 Å². The van der Waals surface area contributed by atoms with Gasteiger partial charge in [0.15, 0.2) is 5.89 Å². The normalized spacial score (nSPS) is 33.2. The van der Waals surface area contributed by atoms with Crippen LogP contribution in [0.2, 0.25) is 0 Å². The van der Waals surface area contributed by atoms with E-state index in [9.17, 15) is 24.9 Å². The van der Waals surface area contributed by atoms with Gasteiger partial charge in [0.05, 0.1) is 25.4 Å². The Balaban J connectivity index is 1.79. The number of esters is 2. The number of cyclic esters (lactones) is 1. The summed E-state index contributed by atoms with van der Waals surface area (Å²) in [6, 6.07) is 0. The average Bonchev–Trinajstić information content (AvgIpc) is 3.50. The fourth-order valence-corrected chi connectivity index (χ4v) is 5.45. The molecule has 0 bridgehead atoms. The van der Waals surface area contributed by atoms with E-state index < -0.39 is 47.9 Å². The van der Waals surface area contributed by atoms with Gasteiger partial charge in [0.1, 0.15) is 29.8 Å². The summed E-state index contributed by atoms with van der Waals surface area (Å²) in [5.41, 5.74) is 1.41. The van der Waals surface area contributed by atoms with Crippen LogP contribution in [0.1, 0.15) is 71.9 Å². The number of aliphatic hydroxyl groups is 3. The van der Waals surface area contributed by atoms with Gasteiger partial charge in [-0.3, -0.25) is 4.79 Å². The molecule has 10 heteroatoms. The molecule has 3 N–H and O–H groups in total. The maximum atomic E-state index is 13.0. The van der Waals surface area contributed by atoms with Crippen LogP contribution in [0.5, 0.6) is 0 Å². The van der Waals surface area contributed by atoms with Crippen LogP contribution in [0.25, 0.3) is 6.08 Å². The number of aliphatic hydroxyl groups excluding tert-OH is 3. The van der Waals surface area contributed by atoms with Crippen LogP contribution in [-0.2, 0) is 23.8 Å². The second-order valence-electron chi connectivity index (χ2n) is 12.5. The number of methoxy groups -OCH3 is 1. The van der Waals surface area contributed by atoms with Crippen LogP contribution in [0.3, 0.4) is 0 Å². The smallest absolute Gasteiger partial charge is 0.330 e. The van der Waals surface area contributed by atoms with Crippen LogP contribution >= 0.6 is 0 Å². The fourth-order valence-electron chi connectivity index (χ4n) is 5.45. The molecular weight excluding hydrogens is 578 g/mol. The summed E-state index contributed by atoms with van der Waals surface area (Å²) in [6.45, 7) is 10.9. The van der Waals surface area contributed by atoms with Crippen molar-refractivity contribution in [3.05, 3.63) is 71.5 Å². The van der Waals surface area contributed by atoms with Crippen molar-refractivity contribution in [2.45, 2.75) is 103 Å². The Labute approximate surface area is 266 Å². The molecule has 0 spiro atoms. The number of carbonyl (C=O) groups excluding carboxylic acids is 2. The predicted molar refractivity (Wildman–Crippen MR) is 170 cm³/mol. The van der Waals surface area contributed by atoms with Gasteiger partial charge in [0.2, 0.25) is 0 Å². The molecule has 45 heavy (non-hydrogen) atoms. The van der Waals surface area contributed by atoms with Gasteiger partial charge >= 0.3 is 11.9 Å². The number of nitrogens with zero attached hydrogens (tertiary/aromatic N) is 1. The number of hydrogen-bond donors (Lipinski definition) is 3. The summed E-state index contributed by atoms with van der Waals surface area (Å²) in [7, 11) is 1.32. The SMILES string of the molecule is COC(=O)C[C@@H]1C/C=C\C(=O)OC([C@H](C)[C@@H](O)/C(C)=C/C=C/C(C)=C/c2coc(C)n2)C[C@H](O)C2(C)O[C@@H]2/C=C\[C@@H](C)C(O)C1. The van der Waals surface area contributed by atoms with Crippen LogP contribution in [-0.4, -0.2) is 75.5 Å². The molecule has 2 aliphatic rings. The maximum absolute atomic E-state index is 13.0. The van der Waals surface area contributed by atoms with E-state index in [2.05, 4.69) is 4.98 Å². The maximum Gasteiger partial charge on any atom is 0.330 e. The van der Waals surface area contributed by atoms with Crippen LogP contribution in [0.15, 0.2) is 64.4 Å². The third-order valence-corrected chi connectivity index (χ3v) is 8.73. The van der Waals surface area contributed by atoms with E-state index in [1.54, 1.807) is 46.1 Å². The van der Waals surface area contributed by atoms with Crippen molar-refractivity contribution in [2.24, 2.45) is 17.8 Å². The van der Waals surface area contributed by atoms with E-state index in [0.717, 1.165) is 11.3 Å². The lowest BCUT2D eigenvalue weighted by atomic mass is 9.86. The molecule has 3 heterocycles. The minimum atomic E-state index is -0.988. The molecule has 0 amide bonds. The number of fused-ring (bicyclic) bond motifs is 1. The fraction of sp³-hybridized carbons (Fsp3) is 0.571. The quantitative estimate of drug-likeness (QED) is 0.159.